The Morgan fingerprint density at radius 3 is 2.71 bits per heavy atom. The number of nitrogens with zero attached hydrogens (tertiary/aromatic N) is 2. The molecular weight excluding hydrogens is 128 g/mol. The van der Waals surface area contributed by atoms with E-state index in [1.807, 2.05) is 0 Å². The highest BCUT2D eigenvalue weighted by atomic mass is 32.2. The van der Waals surface area contributed by atoms with E-state index >= 15 is 0 Å². The van der Waals surface area contributed by atoms with Crippen molar-refractivity contribution in [3.8, 4) is 0 Å². The fourth-order valence-electron chi connectivity index (χ4n) is 0.220. The Hall–Kier alpha value is -0.350. The second-order valence-electron chi connectivity index (χ2n) is 0.890. The molecule has 0 aliphatic carbocycles. The first kappa shape index (κ1) is 4.80. The van der Waals surface area contributed by atoms with Crippen LogP contribution in [-0.2, 0) is 0 Å². The molecule has 7 heavy (non-hydrogen) atoms. The average molecular weight is 130 g/mol. The number of hydrogen-bond donors (Lipinski definition) is 0. The minimum Gasteiger partial charge on any atom is -0.232 e. The lowest BCUT2D eigenvalue weighted by molar-refractivity contribution is 1.31. The summed E-state index contributed by atoms with van der Waals surface area (Å²) < 4.78 is 4.34. The normalized spacial score (nSPS) is 8.57. The minimum atomic E-state index is 0.586. The van der Waals surface area contributed by atoms with Crippen molar-refractivity contribution >= 4 is 23.8 Å². The average Bonchev–Trinajstić information content (AvgIpc) is 1.69. The predicted molar refractivity (Wildman–Crippen MR) is 30.7 cm³/mol. The highest BCUT2D eigenvalue weighted by Gasteiger charge is 1.70. The van der Waals surface area contributed by atoms with E-state index in [1.54, 1.807) is 12.4 Å². The van der Waals surface area contributed by atoms with Crippen molar-refractivity contribution in [3.05, 3.63) is 16.3 Å². The summed E-state index contributed by atoms with van der Waals surface area (Å²) in [5, 5.41) is 0. The second-order valence-corrected chi connectivity index (χ2v) is 2.32. The molecule has 0 unspecified atom stereocenters. The lowest BCUT2D eigenvalue weighted by atomic mass is 10.9. The first-order chi connectivity index (χ1) is 3.39. The van der Waals surface area contributed by atoms with Gasteiger partial charge in [-0.2, -0.15) is 4.37 Å². The first-order valence-corrected chi connectivity index (χ1v) is 2.85. The van der Waals surface area contributed by atoms with Crippen molar-refractivity contribution in [3.63, 3.8) is 0 Å². The standard InChI is InChI=1S/C3H2N2S2/c6-3-4-1-2-5-7-3/h1-2H. The molecule has 0 fully saturated rings. The summed E-state index contributed by atoms with van der Waals surface area (Å²) in [6.07, 6.45) is 3.19. The molecule has 0 bridgehead atoms. The lowest BCUT2D eigenvalue weighted by Crippen LogP contribution is -1.65. The van der Waals surface area contributed by atoms with Gasteiger partial charge >= 0.3 is 0 Å². The van der Waals surface area contributed by atoms with Crippen LogP contribution < -0.4 is 0 Å². The number of rotatable bonds is 0. The van der Waals surface area contributed by atoms with Gasteiger partial charge in [0.2, 0.25) is 0 Å². The van der Waals surface area contributed by atoms with E-state index in [9.17, 15) is 0 Å². The summed E-state index contributed by atoms with van der Waals surface area (Å²) in [5.74, 6) is 0. The molecule has 1 aromatic rings. The smallest absolute Gasteiger partial charge is 0.198 e. The molecule has 1 heterocycles. The molecule has 0 atom stereocenters. The SMILES string of the molecule is S=c1nccns1. The van der Waals surface area contributed by atoms with E-state index in [0.717, 1.165) is 0 Å². The van der Waals surface area contributed by atoms with E-state index in [1.165, 1.54) is 11.5 Å². The first-order valence-electron chi connectivity index (χ1n) is 1.66. The third-order valence-corrected chi connectivity index (χ3v) is 1.26. The van der Waals surface area contributed by atoms with Crippen LogP contribution in [0.2, 0.25) is 0 Å². The van der Waals surface area contributed by atoms with Gasteiger partial charge in [-0.05, 0) is 23.8 Å². The maximum atomic E-state index is 4.66. The van der Waals surface area contributed by atoms with E-state index in [2.05, 4.69) is 21.6 Å². The van der Waals surface area contributed by atoms with Gasteiger partial charge in [-0.1, -0.05) is 0 Å². The van der Waals surface area contributed by atoms with Crippen LogP contribution in [0.25, 0.3) is 0 Å². The lowest BCUT2D eigenvalue weighted by Gasteiger charge is -1.71. The summed E-state index contributed by atoms with van der Waals surface area (Å²) in [4.78, 5) is 3.75. The largest absolute Gasteiger partial charge is 0.232 e. The summed E-state index contributed by atoms with van der Waals surface area (Å²) in [6, 6.07) is 0. The zero-order valence-electron chi connectivity index (χ0n) is 3.37. The third kappa shape index (κ3) is 1.29. The van der Waals surface area contributed by atoms with Gasteiger partial charge < -0.3 is 0 Å². The molecule has 0 N–H and O–H groups in total. The van der Waals surface area contributed by atoms with E-state index in [-0.39, 0.29) is 0 Å². The van der Waals surface area contributed by atoms with Crippen LogP contribution in [0.5, 0.6) is 0 Å². The van der Waals surface area contributed by atoms with Crippen LogP contribution in [0.3, 0.4) is 0 Å². The van der Waals surface area contributed by atoms with Crippen LogP contribution in [0.15, 0.2) is 12.4 Å². The molecule has 0 amide bonds. The Morgan fingerprint density at radius 2 is 2.43 bits per heavy atom. The monoisotopic (exact) mass is 130 g/mol. The van der Waals surface area contributed by atoms with Crippen LogP contribution in [-0.4, -0.2) is 9.36 Å². The molecule has 36 valence electrons. The minimum absolute atomic E-state index is 0.586. The van der Waals surface area contributed by atoms with Gasteiger partial charge in [-0.15, -0.1) is 0 Å². The van der Waals surface area contributed by atoms with E-state index < -0.39 is 0 Å². The number of hydrogen-bond acceptors (Lipinski definition) is 4. The molecule has 1 rings (SSSR count). The van der Waals surface area contributed by atoms with E-state index in [0.29, 0.717) is 3.95 Å². The molecule has 0 saturated heterocycles. The Kier molecular flexibility index (Phi) is 1.43. The Labute approximate surface area is 50.0 Å². The summed E-state index contributed by atoms with van der Waals surface area (Å²) in [5.41, 5.74) is 0. The van der Waals surface area contributed by atoms with Crippen LogP contribution >= 0.6 is 23.8 Å². The quantitative estimate of drug-likeness (QED) is 0.494. The van der Waals surface area contributed by atoms with Crippen molar-refractivity contribution in [1.82, 2.24) is 9.36 Å². The van der Waals surface area contributed by atoms with Crippen LogP contribution in [0, 0.1) is 3.95 Å². The van der Waals surface area contributed by atoms with Crippen molar-refractivity contribution in [2.75, 3.05) is 0 Å². The molecular formula is C3H2N2S2. The summed E-state index contributed by atoms with van der Waals surface area (Å²) in [7, 11) is 0. The zero-order chi connectivity index (χ0) is 5.11. The molecule has 0 aliphatic heterocycles. The second kappa shape index (κ2) is 2.09. The fraction of sp³-hybridized carbons (Fsp3) is 0. The molecule has 1 aromatic heterocycles. The maximum absolute atomic E-state index is 4.66. The van der Waals surface area contributed by atoms with Gasteiger partial charge in [0.05, 0.1) is 6.20 Å². The molecule has 0 saturated carbocycles. The molecule has 0 aromatic carbocycles. The highest BCUT2D eigenvalue weighted by Crippen LogP contribution is 1.85. The van der Waals surface area contributed by atoms with E-state index in [4.69, 9.17) is 0 Å². The van der Waals surface area contributed by atoms with Gasteiger partial charge in [0, 0.05) is 6.20 Å². The highest BCUT2D eigenvalue weighted by molar-refractivity contribution is 7.73. The zero-order valence-corrected chi connectivity index (χ0v) is 5.00. The Morgan fingerprint density at radius 1 is 1.57 bits per heavy atom. The van der Waals surface area contributed by atoms with Gasteiger partial charge in [-0.3, -0.25) is 0 Å². The van der Waals surface area contributed by atoms with Crippen LogP contribution in [0.1, 0.15) is 0 Å². The van der Waals surface area contributed by atoms with Gasteiger partial charge in [0.25, 0.3) is 0 Å². The van der Waals surface area contributed by atoms with Crippen molar-refractivity contribution in [2.45, 2.75) is 0 Å². The topological polar surface area (TPSA) is 25.8 Å². The Balaban J connectivity index is 3.28. The van der Waals surface area contributed by atoms with Gasteiger partial charge in [0.15, 0.2) is 3.95 Å². The fourth-order valence-corrected chi connectivity index (χ4v) is 0.724. The maximum Gasteiger partial charge on any atom is 0.198 e. The molecule has 4 heteroatoms. The molecule has 0 spiro atoms. The van der Waals surface area contributed by atoms with Crippen LogP contribution in [0.4, 0.5) is 0 Å². The van der Waals surface area contributed by atoms with Crippen molar-refractivity contribution in [2.24, 2.45) is 0 Å². The molecule has 0 aliphatic rings. The van der Waals surface area contributed by atoms with Crippen molar-refractivity contribution in [1.29, 1.82) is 0 Å². The molecule has 0 radical (unpaired) electrons. The predicted octanol–water partition coefficient (Wildman–Crippen LogP) is 1.27. The molecule has 2 nitrogen and oxygen atoms in total. The van der Waals surface area contributed by atoms with Crippen molar-refractivity contribution < 1.29 is 0 Å². The van der Waals surface area contributed by atoms with Gasteiger partial charge in [0.1, 0.15) is 0 Å². The summed E-state index contributed by atoms with van der Waals surface area (Å²) >= 11 is 5.88. The third-order valence-electron chi connectivity index (χ3n) is 0.438. The Bertz CT molecular complexity index is 177. The summed E-state index contributed by atoms with van der Waals surface area (Å²) in [6.45, 7) is 0. The number of aromatic nitrogens is 2. The van der Waals surface area contributed by atoms with Gasteiger partial charge in [-0.25, -0.2) is 4.98 Å².